The smallest absolute Gasteiger partial charge is 0.317 e. The molecule has 0 spiro atoms. The Morgan fingerprint density at radius 2 is 1.81 bits per heavy atom. The summed E-state index contributed by atoms with van der Waals surface area (Å²) < 4.78 is 5.34. The molecule has 144 valence electrons. The van der Waals surface area contributed by atoms with Gasteiger partial charge in [-0.3, -0.25) is 4.90 Å². The summed E-state index contributed by atoms with van der Waals surface area (Å²) in [6.07, 6.45) is 0. The number of hydrogen-bond acceptors (Lipinski definition) is 4. The van der Waals surface area contributed by atoms with Crippen molar-refractivity contribution in [3.8, 4) is 0 Å². The second kappa shape index (κ2) is 8.93. The van der Waals surface area contributed by atoms with E-state index >= 15 is 0 Å². The van der Waals surface area contributed by atoms with Gasteiger partial charge >= 0.3 is 6.03 Å². The number of carbonyl (C=O) groups is 1. The van der Waals surface area contributed by atoms with Crippen molar-refractivity contribution in [3.63, 3.8) is 0 Å². The fourth-order valence-electron chi connectivity index (χ4n) is 3.70. The molecule has 1 aromatic rings. The van der Waals surface area contributed by atoms with Gasteiger partial charge in [0.25, 0.3) is 0 Å². The minimum absolute atomic E-state index is 0.0321. The summed E-state index contributed by atoms with van der Waals surface area (Å²) in [6, 6.07) is 4.20. The van der Waals surface area contributed by atoms with Crippen LogP contribution in [0.2, 0.25) is 5.02 Å². The molecule has 2 aliphatic heterocycles. The zero-order valence-corrected chi connectivity index (χ0v) is 16.5. The number of ether oxygens (including phenoxy) is 1. The van der Waals surface area contributed by atoms with Gasteiger partial charge in [0, 0.05) is 52.4 Å². The van der Waals surface area contributed by atoms with Crippen LogP contribution in [-0.2, 0) is 4.74 Å². The monoisotopic (exact) mass is 380 g/mol. The van der Waals surface area contributed by atoms with Crippen LogP contribution in [0.3, 0.4) is 0 Å². The Morgan fingerprint density at radius 1 is 1.12 bits per heavy atom. The second-order valence-electron chi connectivity index (χ2n) is 7.07. The first-order valence-corrected chi connectivity index (χ1v) is 9.77. The van der Waals surface area contributed by atoms with Crippen molar-refractivity contribution >= 4 is 23.3 Å². The van der Waals surface area contributed by atoms with E-state index in [2.05, 4.69) is 35.0 Å². The first kappa shape index (κ1) is 19.3. The number of rotatable bonds is 4. The number of carbonyl (C=O) groups excluding carboxylic acids is 1. The molecule has 0 unspecified atom stereocenters. The van der Waals surface area contributed by atoms with Gasteiger partial charge in [0.1, 0.15) is 0 Å². The van der Waals surface area contributed by atoms with Crippen LogP contribution < -0.4 is 10.2 Å². The summed E-state index contributed by atoms with van der Waals surface area (Å²) in [7, 11) is 0. The Bertz CT molecular complexity index is 603. The van der Waals surface area contributed by atoms with Gasteiger partial charge in [0.15, 0.2) is 0 Å². The lowest BCUT2D eigenvalue weighted by molar-refractivity contribution is 0.0386. The number of nitrogens with zero attached hydrogens (tertiary/aromatic N) is 3. The Balaban J connectivity index is 1.45. The van der Waals surface area contributed by atoms with Crippen LogP contribution in [-0.4, -0.2) is 81.4 Å². The zero-order chi connectivity index (χ0) is 18.5. The maximum absolute atomic E-state index is 12.4. The fourth-order valence-corrected chi connectivity index (χ4v) is 4.14. The van der Waals surface area contributed by atoms with Crippen LogP contribution in [0.5, 0.6) is 0 Å². The molecule has 1 aromatic carbocycles. The summed E-state index contributed by atoms with van der Waals surface area (Å²) in [6.45, 7) is 12.2. The molecule has 0 atom stereocenters. The number of morpholine rings is 1. The van der Waals surface area contributed by atoms with Crippen LogP contribution in [0.4, 0.5) is 10.5 Å². The van der Waals surface area contributed by atoms with Gasteiger partial charge in [0.2, 0.25) is 0 Å². The van der Waals surface area contributed by atoms with E-state index in [1.807, 2.05) is 11.0 Å². The molecule has 7 heteroatoms. The van der Waals surface area contributed by atoms with Gasteiger partial charge in [-0.2, -0.15) is 0 Å². The average Bonchev–Trinajstić information content (AvgIpc) is 2.62. The Morgan fingerprint density at radius 3 is 2.46 bits per heavy atom. The highest BCUT2D eigenvalue weighted by Crippen LogP contribution is 2.31. The van der Waals surface area contributed by atoms with Crippen molar-refractivity contribution in [3.05, 3.63) is 28.3 Å². The van der Waals surface area contributed by atoms with E-state index in [1.54, 1.807) is 0 Å². The molecule has 0 saturated carbocycles. The van der Waals surface area contributed by atoms with Gasteiger partial charge in [0.05, 0.1) is 23.9 Å². The molecule has 3 rings (SSSR count). The Kier molecular flexibility index (Phi) is 6.62. The minimum Gasteiger partial charge on any atom is -0.379 e. The highest BCUT2D eigenvalue weighted by atomic mass is 35.5. The molecule has 2 fully saturated rings. The molecule has 0 radical (unpaired) electrons. The number of aryl methyl sites for hydroxylation is 2. The molecule has 2 heterocycles. The molecule has 1 N–H and O–H groups in total. The Labute approximate surface area is 161 Å². The van der Waals surface area contributed by atoms with E-state index in [1.165, 1.54) is 11.1 Å². The molecule has 2 amide bonds. The lowest BCUT2D eigenvalue weighted by atomic mass is 10.1. The number of amides is 2. The highest BCUT2D eigenvalue weighted by molar-refractivity contribution is 6.33. The predicted molar refractivity (Wildman–Crippen MR) is 105 cm³/mol. The largest absolute Gasteiger partial charge is 0.379 e. The topological polar surface area (TPSA) is 48.0 Å². The third kappa shape index (κ3) is 4.81. The van der Waals surface area contributed by atoms with E-state index in [9.17, 15) is 4.79 Å². The van der Waals surface area contributed by atoms with Gasteiger partial charge < -0.3 is 19.9 Å². The normalized spacial score (nSPS) is 18.9. The number of anilines is 1. The minimum atomic E-state index is 0.0321. The predicted octanol–water partition coefficient (Wildman–Crippen LogP) is 2.12. The third-order valence-corrected chi connectivity index (χ3v) is 5.38. The van der Waals surface area contributed by atoms with Crippen molar-refractivity contribution in [2.24, 2.45) is 0 Å². The summed E-state index contributed by atoms with van der Waals surface area (Å²) in [4.78, 5) is 18.9. The number of piperazine rings is 1. The van der Waals surface area contributed by atoms with E-state index < -0.39 is 0 Å². The van der Waals surface area contributed by atoms with Crippen LogP contribution in [0.25, 0.3) is 0 Å². The molecular formula is C19H29ClN4O2. The number of hydrogen-bond donors (Lipinski definition) is 1. The lowest BCUT2D eigenvalue weighted by Gasteiger charge is -2.37. The maximum Gasteiger partial charge on any atom is 0.317 e. The average molecular weight is 381 g/mol. The second-order valence-corrected chi connectivity index (χ2v) is 7.48. The quantitative estimate of drug-likeness (QED) is 0.869. The third-order valence-electron chi connectivity index (χ3n) is 5.09. The van der Waals surface area contributed by atoms with Crippen molar-refractivity contribution in [1.82, 2.24) is 15.1 Å². The summed E-state index contributed by atoms with van der Waals surface area (Å²) >= 11 is 6.46. The first-order valence-electron chi connectivity index (χ1n) is 9.39. The molecule has 0 bridgehead atoms. The van der Waals surface area contributed by atoms with E-state index in [0.29, 0.717) is 19.6 Å². The number of halogens is 1. The van der Waals surface area contributed by atoms with Gasteiger partial charge in [-0.25, -0.2) is 4.79 Å². The zero-order valence-electron chi connectivity index (χ0n) is 15.8. The van der Waals surface area contributed by atoms with Crippen molar-refractivity contribution in [1.29, 1.82) is 0 Å². The molecule has 2 saturated heterocycles. The molecular weight excluding hydrogens is 352 g/mol. The number of benzene rings is 1. The van der Waals surface area contributed by atoms with Crippen LogP contribution in [0.15, 0.2) is 12.1 Å². The van der Waals surface area contributed by atoms with Crippen molar-refractivity contribution < 1.29 is 9.53 Å². The molecule has 0 aromatic heterocycles. The molecule has 6 nitrogen and oxygen atoms in total. The first-order chi connectivity index (χ1) is 12.5. The number of urea groups is 1. The van der Waals surface area contributed by atoms with Gasteiger partial charge in [-0.1, -0.05) is 17.7 Å². The van der Waals surface area contributed by atoms with Gasteiger partial charge in [-0.05, 0) is 31.0 Å². The highest BCUT2D eigenvalue weighted by Gasteiger charge is 2.23. The van der Waals surface area contributed by atoms with E-state index in [0.717, 1.165) is 56.6 Å². The standard InChI is InChI=1S/C19H29ClN4O2/c1-15-13-16(2)18(17(20)14-15)23-5-7-24(8-6-23)19(25)21-3-4-22-9-11-26-12-10-22/h13-14H,3-12H2,1-2H3,(H,21,25). The maximum atomic E-state index is 12.4. The van der Waals surface area contributed by atoms with Crippen LogP contribution >= 0.6 is 11.6 Å². The SMILES string of the molecule is Cc1cc(C)c(N2CCN(C(=O)NCCN3CCOCC3)CC2)c(Cl)c1. The van der Waals surface area contributed by atoms with Crippen LogP contribution in [0.1, 0.15) is 11.1 Å². The van der Waals surface area contributed by atoms with Gasteiger partial charge in [-0.15, -0.1) is 0 Å². The Hall–Kier alpha value is -1.50. The summed E-state index contributed by atoms with van der Waals surface area (Å²) in [5.41, 5.74) is 3.47. The summed E-state index contributed by atoms with van der Waals surface area (Å²) in [5.74, 6) is 0. The molecule has 0 aliphatic carbocycles. The van der Waals surface area contributed by atoms with E-state index in [-0.39, 0.29) is 6.03 Å². The van der Waals surface area contributed by atoms with Crippen LogP contribution in [0, 0.1) is 13.8 Å². The van der Waals surface area contributed by atoms with Crippen molar-refractivity contribution in [2.45, 2.75) is 13.8 Å². The van der Waals surface area contributed by atoms with Crippen molar-refractivity contribution in [2.75, 3.05) is 70.5 Å². The fraction of sp³-hybridized carbons (Fsp3) is 0.632. The molecule has 26 heavy (non-hydrogen) atoms. The number of nitrogens with one attached hydrogen (secondary N) is 1. The van der Waals surface area contributed by atoms with E-state index in [4.69, 9.17) is 16.3 Å². The lowest BCUT2D eigenvalue weighted by Crippen LogP contribution is -2.53. The molecule has 2 aliphatic rings. The summed E-state index contributed by atoms with van der Waals surface area (Å²) in [5, 5.41) is 3.84.